The van der Waals surface area contributed by atoms with Crippen molar-refractivity contribution in [1.29, 1.82) is 5.41 Å². The Bertz CT molecular complexity index is 1900. The number of nitrogens with zero attached hydrogens (tertiary/aromatic N) is 1. The summed E-state index contributed by atoms with van der Waals surface area (Å²) >= 11 is 0. The Labute approximate surface area is 303 Å². The number of nitrogen functional groups attached to an aromatic ring is 1. The predicted molar refractivity (Wildman–Crippen MR) is 197 cm³/mol. The molecular weight excluding hydrogens is 721 g/mol. The molecule has 1 heterocycles. The minimum atomic E-state index is -3.67. The van der Waals surface area contributed by atoms with E-state index in [-0.39, 0.29) is 51.1 Å². The number of amidine groups is 1. The van der Waals surface area contributed by atoms with Crippen LogP contribution in [-0.4, -0.2) is 91.4 Å². The number of pyridine rings is 1. The molecular formula is C33H46N6O11S2. The van der Waals surface area contributed by atoms with Gasteiger partial charge in [-0.2, -0.15) is 16.8 Å². The number of hydrogen-bond acceptors (Lipinski definition) is 11. The van der Waals surface area contributed by atoms with Gasteiger partial charge < -0.3 is 31.9 Å². The number of ether oxygens (including phenoxy) is 1. The summed E-state index contributed by atoms with van der Waals surface area (Å²) < 4.78 is 57.2. The van der Waals surface area contributed by atoms with E-state index in [9.17, 15) is 36.3 Å². The Balaban J connectivity index is 0.00000119. The van der Waals surface area contributed by atoms with Gasteiger partial charge in [0.2, 0.25) is 5.88 Å². The molecule has 19 heteroatoms. The maximum atomic E-state index is 13.4. The van der Waals surface area contributed by atoms with Crippen molar-refractivity contribution >= 4 is 49.5 Å². The first-order chi connectivity index (χ1) is 23.8. The van der Waals surface area contributed by atoms with Crippen molar-refractivity contribution in [2.24, 2.45) is 16.9 Å². The second kappa shape index (κ2) is 19.6. The van der Waals surface area contributed by atoms with Crippen molar-refractivity contribution in [2.45, 2.75) is 46.6 Å². The van der Waals surface area contributed by atoms with E-state index in [0.717, 1.165) is 6.42 Å². The predicted octanol–water partition coefficient (Wildman–Crippen LogP) is 3.27. The number of carbonyl (C=O) groups is 3. The standard InChI is InChI=1S/C31H38N6O5.2CH4O3S/c1-5-42-25-15-14-22(26(37-25)29(39)35-20-11-8-18(9-12-20)27(33)34)21-13-10-19(17-23(21)30(40)41)28(38)36-24(7-6-16-32)31(2,3)4;2*1-5(2,3)4/h8-15,17,24H,5-7,16,32H2,1-4H3,(H3,33,34)(H,35,39)(H,36,38)(H,40,41);2*1H3,(H,2,3,4)/t24-;;/m0../s1. The summed E-state index contributed by atoms with van der Waals surface area (Å²) in [6.45, 7) is 8.63. The van der Waals surface area contributed by atoms with Crippen LogP contribution in [0.1, 0.15) is 77.3 Å². The summed E-state index contributed by atoms with van der Waals surface area (Å²) in [6.07, 6.45) is 2.85. The largest absolute Gasteiger partial charge is 0.478 e. The normalized spacial score (nSPS) is 11.8. The third kappa shape index (κ3) is 16.8. The van der Waals surface area contributed by atoms with Crippen LogP contribution in [0.5, 0.6) is 5.88 Å². The molecule has 0 saturated heterocycles. The van der Waals surface area contributed by atoms with Crippen molar-refractivity contribution in [3.63, 3.8) is 0 Å². The maximum absolute atomic E-state index is 13.4. The zero-order chi connectivity index (χ0) is 40.0. The van der Waals surface area contributed by atoms with E-state index in [1.807, 2.05) is 20.8 Å². The zero-order valence-electron chi connectivity index (χ0n) is 29.6. The second-order valence-corrected chi connectivity index (χ2v) is 15.2. The number of benzene rings is 2. The second-order valence-electron chi connectivity index (χ2n) is 12.3. The molecule has 0 aliphatic rings. The van der Waals surface area contributed by atoms with Gasteiger partial charge >= 0.3 is 5.97 Å². The summed E-state index contributed by atoms with van der Waals surface area (Å²) in [5.74, 6) is -2.19. The van der Waals surface area contributed by atoms with Crippen LogP contribution >= 0.6 is 0 Å². The van der Waals surface area contributed by atoms with Gasteiger partial charge in [-0.25, -0.2) is 9.78 Å². The Hall–Kier alpha value is -4.95. The lowest BCUT2D eigenvalue weighted by molar-refractivity contribution is 0.0697. The number of nitrogens with two attached hydrogens (primary N) is 2. The SMILES string of the molecule is CCOc1ccc(-c2ccc(C(=O)N[C@@H](CCCN)C(C)(C)C)cc2C(=O)O)c(C(=O)Nc2ccc(C(=N)N)cc2)n1.CS(=O)(=O)O.CS(=O)(=O)O. The van der Waals surface area contributed by atoms with E-state index in [2.05, 4.69) is 15.6 Å². The lowest BCUT2D eigenvalue weighted by Crippen LogP contribution is -2.44. The molecule has 3 aromatic rings. The molecule has 0 aliphatic carbocycles. The van der Waals surface area contributed by atoms with Crippen LogP contribution in [0.2, 0.25) is 0 Å². The van der Waals surface area contributed by atoms with Crippen LogP contribution < -0.4 is 26.8 Å². The fourth-order valence-electron chi connectivity index (χ4n) is 4.37. The van der Waals surface area contributed by atoms with Gasteiger partial charge in [0, 0.05) is 34.5 Å². The van der Waals surface area contributed by atoms with Crippen LogP contribution in [0.4, 0.5) is 5.69 Å². The third-order valence-corrected chi connectivity index (χ3v) is 6.68. The number of hydrogen-bond donors (Lipinski definition) is 8. The van der Waals surface area contributed by atoms with Crippen LogP contribution in [0, 0.1) is 10.8 Å². The summed E-state index contributed by atoms with van der Waals surface area (Å²) in [5.41, 5.74) is 12.3. The van der Waals surface area contributed by atoms with Gasteiger partial charge in [0.15, 0.2) is 0 Å². The van der Waals surface area contributed by atoms with Crippen LogP contribution in [0.25, 0.3) is 11.1 Å². The minimum absolute atomic E-state index is 0.0640. The molecule has 1 aromatic heterocycles. The molecule has 0 aliphatic heterocycles. The van der Waals surface area contributed by atoms with Gasteiger partial charge in [-0.05, 0) is 79.8 Å². The van der Waals surface area contributed by atoms with Crippen molar-refractivity contribution < 1.29 is 50.2 Å². The first-order valence-electron chi connectivity index (χ1n) is 15.5. The average molecular weight is 767 g/mol. The Morgan fingerprint density at radius 3 is 1.88 bits per heavy atom. The number of aromatic nitrogens is 1. The average Bonchev–Trinajstić information content (AvgIpc) is 3.01. The first-order valence-corrected chi connectivity index (χ1v) is 19.2. The van der Waals surface area contributed by atoms with E-state index >= 15 is 0 Å². The van der Waals surface area contributed by atoms with Crippen molar-refractivity contribution in [2.75, 3.05) is 31.0 Å². The summed E-state index contributed by atoms with van der Waals surface area (Å²) in [5, 5.41) is 23.4. The molecule has 52 heavy (non-hydrogen) atoms. The topological polar surface area (TPSA) is 302 Å². The molecule has 286 valence electrons. The van der Waals surface area contributed by atoms with E-state index in [1.165, 1.54) is 18.2 Å². The number of amides is 2. The number of aromatic carboxylic acids is 1. The highest BCUT2D eigenvalue weighted by Gasteiger charge is 2.27. The minimum Gasteiger partial charge on any atom is -0.478 e. The molecule has 2 amide bonds. The molecule has 10 N–H and O–H groups in total. The molecule has 0 bridgehead atoms. The molecule has 0 unspecified atom stereocenters. The van der Waals surface area contributed by atoms with E-state index in [1.54, 1.807) is 43.3 Å². The Kier molecular flexibility index (Phi) is 17.0. The van der Waals surface area contributed by atoms with Crippen molar-refractivity contribution in [3.05, 3.63) is 77.0 Å². The van der Waals surface area contributed by atoms with Gasteiger partial charge in [-0.1, -0.05) is 26.8 Å². The van der Waals surface area contributed by atoms with Crippen LogP contribution in [0.3, 0.4) is 0 Å². The fourth-order valence-corrected chi connectivity index (χ4v) is 4.37. The monoisotopic (exact) mass is 766 g/mol. The van der Waals surface area contributed by atoms with Gasteiger partial charge in [-0.3, -0.25) is 24.1 Å². The van der Waals surface area contributed by atoms with Gasteiger partial charge in [0.05, 0.1) is 24.7 Å². The highest BCUT2D eigenvalue weighted by molar-refractivity contribution is 7.85. The molecule has 1 atom stereocenters. The lowest BCUT2D eigenvalue weighted by atomic mass is 9.83. The van der Waals surface area contributed by atoms with Crippen molar-refractivity contribution in [3.8, 4) is 17.0 Å². The zero-order valence-corrected chi connectivity index (χ0v) is 31.3. The molecule has 0 fully saturated rings. The smallest absolute Gasteiger partial charge is 0.336 e. The number of nitrogens with one attached hydrogen (secondary N) is 3. The van der Waals surface area contributed by atoms with Crippen LogP contribution in [0.15, 0.2) is 54.6 Å². The Morgan fingerprint density at radius 2 is 1.42 bits per heavy atom. The van der Waals surface area contributed by atoms with Gasteiger partial charge in [-0.15, -0.1) is 0 Å². The molecule has 2 aromatic carbocycles. The third-order valence-electron chi connectivity index (χ3n) is 6.68. The summed E-state index contributed by atoms with van der Waals surface area (Å²) in [4.78, 5) is 43.4. The number of carboxylic acids is 1. The molecule has 17 nitrogen and oxygen atoms in total. The molecule has 0 saturated carbocycles. The number of rotatable bonds is 12. The van der Waals surface area contributed by atoms with Crippen LogP contribution in [-0.2, 0) is 20.2 Å². The molecule has 0 radical (unpaired) electrons. The number of carboxylic acid groups (broad SMARTS) is 1. The first kappa shape index (κ1) is 45.1. The van der Waals surface area contributed by atoms with E-state index in [4.69, 9.17) is 30.7 Å². The lowest BCUT2D eigenvalue weighted by Gasteiger charge is -2.31. The maximum Gasteiger partial charge on any atom is 0.336 e. The fraction of sp³-hybridized carbons (Fsp3) is 0.364. The van der Waals surface area contributed by atoms with Gasteiger partial charge in [0.1, 0.15) is 11.5 Å². The summed E-state index contributed by atoms with van der Waals surface area (Å²) in [6, 6.07) is 13.6. The van der Waals surface area contributed by atoms with E-state index < -0.39 is 38.0 Å². The summed E-state index contributed by atoms with van der Waals surface area (Å²) in [7, 11) is -7.33. The van der Waals surface area contributed by atoms with E-state index in [0.29, 0.717) is 43.3 Å². The number of anilines is 1. The Morgan fingerprint density at radius 1 is 0.904 bits per heavy atom. The van der Waals surface area contributed by atoms with Gasteiger partial charge in [0.25, 0.3) is 32.1 Å². The highest BCUT2D eigenvalue weighted by Crippen LogP contribution is 2.31. The van der Waals surface area contributed by atoms with Crippen molar-refractivity contribution in [1.82, 2.24) is 10.3 Å². The molecule has 0 spiro atoms. The highest BCUT2D eigenvalue weighted by atomic mass is 32.2. The number of carbonyl (C=O) groups excluding carboxylic acids is 2. The quantitative estimate of drug-likeness (QED) is 0.0746. The molecule has 3 rings (SSSR count).